The number of benzene rings is 2. The van der Waals surface area contributed by atoms with Crippen molar-refractivity contribution in [1.29, 1.82) is 0 Å². The van der Waals surface area contributed by atoms with Crippen molar-refractivity contribution in [1.82, 2.24) is 20.5 Å². The zero-order valence-electron chi connectivity index (χ0n) is 18.5. The number of fused-ring (bicyclic) bond motifs is 2. The van der Waals surface area contributed by atoms with Crippen LogP contribution in [0.3, 0.4) is 0 Å². The SMILES string of the molecule is CC(=O)C1CNCCN1CCNC(=O)Nc1cc(C)nc2ccccc12.c1cc2ccc1-2. The number of hydrogen-bond acceptors (Lipinski definition) is 5. The molecule has 1 saturated heterocycles. The van der Waals surface area contributed by atoms with E-state index in [2.05, 4.69) is 50.1 Å². The van der Waals surface area contributed by atoms with E-state index in [1.807, 2.05) is 37.3 Å². The number of para-hydroxylation sites is 1. The van der Waals surface area contributed by atoms with Gasteiger partial charge in [-0.2, -0.15) is 0 Å². The highest BCUT2D eigenvalue weighted by Gasteiger charge is 2.25. The molecule has 166 valence electrons. The number of pyridine rings is 1. The fraction of sp³-hybridized carbons (Fsp3) is 0.320. The molecule has 0 spiro atoms. The molecular weight excluding hydrogens is 402 g/mol. The van der Waals surface area contributed by atoms with Crippen LogP contribution >= 0.6 is 0 Å². The van der Waals surface area contributed by atoms with Gasteiger partial charge in [-0.25, -0.2) is 4.79 Å². The van der Waals surface area contributed by atoms with Gasteiger partial charge in [-0.05, 0) is 37.1 Å². The van der Waals surface area contributed by atoms with Gasteiger partial charge in [-0.3, -0.25) is 14.7 Å². The maximum Gasteiger partial charge on any atom is 0.319 e. The molecule has 5 rings (SSSR count). The zero-order chi connectivity index (χ0) is 22.5. The van der Waals surface area contributed by atoms with E-state index in [0.29, 0.717) is 19.6 Å². The minimum absolute atomic E-state index is 0.111. The summed E-state index contributed by atoms with van der Waals surface area (Å²) in [4.78, 5) is 30.6. The summed E-state index contributed by atoms with van der Waals surface area (Å²) < 4.78 is 0. The van der Waals surface area contributed by atoms with Crippen molar-refractivity contribution >= 4 is 28.4 Å². The number of hydrogen-bond donors (Lipinski definition) is 3. The van der Waals surface area contributed by atoms with E-state index in [9.17, 15) is 9.59 Å². The normalized spacial score (nSPS) is 16.6. The molecule has 2 aliphatic carbocycles. The average molecular weight is 432 g/mol. The molecule has 3 aliphatic rings. The third-order valence-electron chi connectivity index (χ3n) is 5.82. The Kier molecular flexibility index (Phi) is 6.78. The number of aryl methyl sites for hydroxylation is 1. The Morgan fingerprint density at radius 1 is 1.12 bits per heavy atom. The van der Waals surface area contributed by atoms with Gasteiger partial charge in [0.1, 0.15) is 5.78 Å². The fourth-order valence-electron chi connectivity index (χ4n) is 3.97. The van der Waals surface area contributed by atoms with Crippen LogP contribution in [0.1, 0.15) is 12.6 Å². The van der Waals surface area contributed by atoms with Crippen molar-refractivity contribution < 1.29 is 9.59 Å². The van der Waals surface area contributed by atoms with Gasteiger partial charge in [0.15, 0.2) is 0 Å². The largest absolute Gasteiger partial charge is 0.337 e. The molecule has 1 aromatic heterocycles. The first-order chi connectivity index (χ1) is 15.5. The summed E-state index contributed by atoms with van der Waals surface area (Å²) in [5.74, 6) is 0.153. The lowest BCUT2D eigenvalue weighted by molar-refractivity contribution is -0.122. The van der Waals surface area contributed by atoms with Crippen molar-refractivity contribution in [2.45, 2.75) is 19.9 Å². The second-order valence-corrected chi connectivity index (χ2v) is 8.15. The Bertz CT molecular complexity index is 1090. The van der Waals surface area contributed by atoms with Crippen molar-refractivity contribution in [3.63, 3.8) is 0 Å². The third-order valence-corrected chi connectivity index (χ3v) is 5.82. The number of carbonyl (C=O) groups excluding carboxylic acids is 2. The first-order valence-electron chi connectivity index (χ1n) is 11.0. The zero-order valence-corrected chi connectivity index (χ0v) is 18.5. The molecule has 2 aromatic rings. The van der Waals surface area contributed by atoms with Crippen LogP contribution in [0.25, 0.3) is 22.0 Å². The van der Waals surface area contributed by atoms with Crippen LogP contribution < -0.4 is 16.0 Å². The molecule has 3 N–H and O–H groups in total. The lowest BCUT2D eigenvalue weighted by Crippen LogP contribution is -2.55. The number of nitrogens with zero attached hydrogens (tertiary/aromatic N) is 2. The Morgan fingerprint density at radius 3 is 2.50 bits per heavy atom. The molecule has 1 fully saturated rings. The van der Waals surface area contributed by atoms with Gasteiger partial charge in [-0.1, -0.05) is 42.5 Å². The van der Waals surface area contributed by atoms with E-state index in [1.165, 1.54) is 11.1 Å². The molecule has 1 aromatic carbocycles. The Hall–Kier alpha value is -3.29. The van der Waals surface area contributed by atoms with Gasteiger partial charge in [0.05, 0.1) is 17.2 Å². The van der Waals surface area contributed by atoms with Gasteiger partial charge in [-0.15, -0.1) is 0 Å². The van der Waals surface area contributed by atoms with Crippen molar-refractivity contribution in [3.8, 4) is 11.1 Å². The molecule has 2 heterocycles. The van der Waals surface area contributed by atoms with E-state index < -0.39 is 0 Å². The van der Waals surface area contributed by atoms with Crippen molar-refractivity contribution in [2.75, 3.05) is 38.0 Å². The van der Waals surface area contributed by atoms with Crippen LogP contribution in [-0.4, -0.2) is 60.5 Å². The molecule has 0 radical (unpaired) electrons. The monoisotopic (exact) mass is 431 g/mol. The Balaban J connectivity index is 0.000000346. The number of amides is 2. The number of anilines is 1. The lowest BCUT2D eigenvalue weighted by atomic mass is 9.95. The molecule has 7 heteroatoms. The number of ketones is 1. The summed E-state index contributed by atoms with van der Waals surface area (Å²) in [5, 5.41) is 9.93. The molecule has 1 aliphatic heterocycles. The van der Waals surface area contributed by atoms with E-state index in [-0.39, 0.29) is 17.9 Å². The number of rotatable bonds is 5. The summed E-state index contributed by atoms with van der Waals surface area (Å²) >= 11 is 0. The van der Waals surface area contributed by atoms with E-state index in [0.717, 1.165) is 35.4 Å². The van der Waals surface area contributed by atoms with Gasteiger partial charge < -0.3 is 16.0 Å². The third kappa shape index (κ3) is 5.12. The van der Waals surface area contributed by atoms with Crippen LogP contribution in [0.2, 0.25) is 0 Å². The minimum atomic E-state index is -0.254. The predicted octanol–water partition coefficient (Wildman–Crippen LogP) is 3.19. The van der Waals surface area contributed by atoms with E-state index in [4.69, 9.17) is 0 Å². The van der Waals surface area contributed by atoms with E-state index in [1.54, 1.807) is 6.92 Å². The van der Waals surface area contributed by atoms with Gasteiger partial charge in [0.2, 0.25) is 0 Å². The summed E-state index contributed by atoms with van der Waals surface area (Å²) in [6.45, 7) is 6.99. The smallest absolute Gasteiger partial charge is 0.319 e. The molecule has 1 unspecified atom stereocenters. The highest BCUT2D eigenvalue weighted by atomic mass is 16.2. The highest BCUT2D eigenvalue weighted by Crippen LogP contribution is 2.29. The first kappa shape index (κ1) is 21.9. The van der Waals surface area contributed by atoms with Gasteiger partial charge >= 0.3 is 6.03 Å². The number of Topliss-reactive ketones (excluding diaryl/α,β-unsaturated/α-hetero) is 1. The Labute approximate surface area is 188 Å². The number of nitrogens with one attached hydrogen (secondary N) is 3. The van der Waals surface area contributed by atoms with Crippen LogP contribution in [0.5, 0.6) is 0 Å². The number of aromatic nitrogens is 1. The number of piperazine rings is 1. The van der Waals surface area contributed by atoms with Gasteiger partial charge in [0.25, 0.3) is 0 Å². The maximum atomic E-state index is 12.3. The standard InChI is InChI=1S/C19H25N5O2.C6H4/c1-13-11-17(15-5-3-4-6-16(15)22-13)23-19(26)21-8-10-24-9-7-20-12-18(24)14(2)25;1-2-6-4-3-5(1)6/h3-6,11,18,20H,7-10,12H2,1-2H3,(H2,21,22,23,26);1-4H. The molecule has 32 heavy (non-hydrogen) atoms. The highest BCUT2D eigenvalue weighted by molar-refractivity contribution is 6.00. The molecule has 0 bridgehead atoms. The van der Waals surface area contributed by atoms with E-state index >= 15 is 0 Å². The average Bonchev–Trinajstić information content (AvgIpc) is 2.76. The molecule has 2 amide bonds. The quantitative estimate of drug-likeness (QED) is 0.452. The predicted molar refractivity (Wildman–Crippen MR) is 128 cm³/mol. The van der Waals surface area contributed by atoms with Crippen LogP contribution in [0, 0.1) is 6.92 Å². The molecular formula is C25H29N5O2. The summed E-state index contributed by atoms with van der Waals surface area (Å²) in [6, 6.07) is 17.7. The summed E-state index contributed by atoms with van der Waals surface area (Å²) in [6.07, 6.45) is 0. The van der Waals surface area contributed by atoms with Crippen molar-refractivity contribution in [2.24, 2.45) is 0 Å². The first-order valence-corrected chi connectivity index (χ1v) is 11.0. The minimum Gasteiger partial charge on any atom is -0.337 e. The number of carbonyl (C=O) groups is 2. The summed E-state index contributed by atoms with van der Waals surface area (Å²) in [5.41, 5.74) is 5.30. The second kappa shape index (κ2) is 9.89. The molecule has 7 nitrogen and oxygen atoms in total. The topological polar surface area (TPSA) is 86.4 Å². The summed E-state index contributed by atoms with van der Waals surface area (Å²) in [7, 11) is 0. The lowest BCUT2D eigenvalue weighted by Gasteiger charge is -2.34. The van der Waals surface area contributed by atoms with Crippen LogP contribution in [0.15, 0.2) is 54.6 Å². The van der Waals surface area contributed by atoms with Crippen LogP contribution in [0.4, 0.5) is 10.5 Å². The van der Waals surface area contributed by atoms with Gasteiger partial charge in [0, 0.05) is 43.8 Å². The maximum absolute atomic E-state index is 12.3. The number of urea groups is 1. The second-order valence-electron chi connectivity index (χ2n) is 8.15. The molecule has 1 atom stereocenters. The fourth-order valence-corrected chi connectivity index (χ4v) is 3.97. The Morgan fingerprint density at radius 2 is 1.84 bits per heavy atom. The van der Waals surface area contributed by atoms with Crippen LogP contribution in [-0.2, 0) is 4.79 Å². The molecule has 0 saturated carbocycles. The van der Waals surface area contributed by atoms with Crippen molar-refractivity contribution in [3.05, 3.63) is 60.3 Å².